The van der Waals surface area contributed by atoms with Crippen molar-refractivity contribution in [3.63, 3.8) is 0 Å². The molecule has 0 aliphatic carbocycles. The van der Waals surface area contributed by atoms with E-state index in [9.17, 15) is 4.79 Å². The van der Waals surface area contributed by atoms with Gasteiger partial charge in [0.15, 0.2) is 5.65 Å². The van der Waals surface area contributed by atoms with E-state index in [1.165, 1.54) is 0 Å². The second kappa shape index (κ2) is 6.05. The number of carbonyl (C=O) groups excluding carboxylic acids is 1. The molecule has 0 radical (unpaired) electrons. The molecule has 1 saturated heterocycles. The normalized spacial score (nSPS) is 18.0. The van der Waals surface area contributed by atoms with E-state index in [4.69, 9.17) is 0 Å². The fourth-order valence-electron chi connectivity index (χ4n) is 3.17. The lowest BCUT2D eigenvalue weighted by Crippen LogP contribution is -2.52. The van der Waals surface area contributed by atoms with Gasteiger partial charge >= 0.3 is 0 Å². The molecule has 1 amide bonds. The Bertz CT molecular complexity index is 874. The van der Waals surface area contributed by atoms with E-state index >= 15 is 0 Å². The van der Waals surface area contributed by atoms with Gasteiger partial charge in [-0.2, -0.15) is 5.10 Å². The number of fused-ring (bicyclic) bond motifs is 1. The highest BCUT2D eigenvalue weighted by atomic mass is 16.2. The van der Waals surface area contributed by atoms with Gasteiger partial charge < -0.3 is 10.2 Å². The highest BCUT2D eigenvalue weighted by Gasteiger charge is 2.27. The Morgan fingerprint density at radius 2 is 2.08 bits per heavy atom. The van der Waals surface area contributed by atoms with Crippen LogP contribution in [0.1, 0.15) is 17.3 Å². The summed E-state index contributed by atoms with van der Waals surface area (Å²) in [5.41, 5.74) is 3.13. The third-order valence-corrected chi connectivity index (χ3v) is 4.46. The van der Waals surface area contributed by atoms with Crippen molar-refractivity contribution in [3.05, 3.63) is 54.4 Å². The minimum absolute atomic E-state index is 0.00304. The van der Waals surface area contributed by atoms with Crippen molar-refractivity contribution >= 4 is 11.6 Å². The summed E-state index contributed by atoms with van der Waals surface area (Å²) in [5, 5.41) is 7.73. The molecule has 24 heavy (non-hydrogen) atoms. The Morgan fingerprint density at radius 1 is 1.25 bits per heavy atom. The number of hydrogen-bond acceptors (Lipinski definition) is 4. The third kappa shape index (κ3) is 2.45. The number of benzene rings is 1. The summed E-state index contributed by atoms with van der Waals surface area (Å²) in [6.45, 7) is 4.39. The molecule has 1 N–H and O–H groups in total. The summed E-state index contributed by atoms with van der Waals surface area (Å²) in [7, 11) is 0. The van der Waals surface area contributed by atoms with Crippen LogP contribution in [0.25, 0.3) is 16.9 Å². The predicted octanol–water partition coefficient (Wildman–Crippen LogP) is 1.83. The van der Waals surface area contributed by atoms with Gasteiger partial charge in [-0.25, -0.2) is 9.50 Å². The van der Waals surface area contributed by atoms with E-state index in [1.807, 2.05) is 41.3 Å². The molecule has 122 valence electrons. The van der Waals surface area contributed by atoms with Crippen LogP contribution in [0.2, 0.25) is 0 Å². The van der Waals surface area contributed by atoms with Crippen LogP contribution in [0.4, 0.5) is 0 Å². The van der Waals surface area contributed by atoms with Crippen molar-refractivity contribution in [2.75, 3.05) is 19.6 Å². The van der Waals surface area contributed by atoms with Crippen LogP contribution in [-0.4, -0.2) is 51.1 Å². The minimum Gasteiger partial charge on any atom is -0.333 e. The first-order valence-corrected chi connectivity index (χ1v) is 8.15. The lowest BCUT2D eigenvalue weighted by atomic mass is 10.1. The molecule has 1 aliphatic rings. The summed E-state index contributed by atoms with van der Waals surface area (Å²) in [6.07, 6.45) is 3.36. The third-order valence-electron chi connectivity index (χ3n) is 4.46. The smallest absolute Gasteiger partial charge is 0.259 e. The van der Waals surface area contributed by atoms with Crippen molar-refractivity contribution in [1.82, 2.24) is 24.8 Å². The molecule has 2 aromatic heterocycles. The second-order valence-corrected chi connectivity index (χ2v) is 6.04. The number of piperazine rings is 1. The molecule has 0 bridgehead atoms. The Hall–Kier alpha value is -2.73. The molecule has 4 rings (SSSR count). The van der Waals surface area contributed by atoms with Crippen LogP contribution in [0.15, 0.2) is 48.8 Å². The fraction of sp³-hybridized carbons (Fsp3) is 0.278. The molecule has 3 heterocycles. The van der Waals surface area contributed by atoms with Gasteiger partial charge in [0.05, 0.1) is 11.9 Å². The van der Waals surface area contributed by atoms with Crippen molar-refractivity contribution < 1.29 is 4.79 Å². The van der Waals surface area contributed by atoms with E-state index < -0.39 is 0 Å². The van der Waals surface area contributed by atoms with E-state index in [0.29, 0.717) is 17.8 Å². The number of aromatic nitrogens is 3. The summed E-state index contributed by atoms with van der Waals surface area (Å²) in [4.78, 5) is 19.2. The van der Waals surface area contributed by atoms with E-state index in [2.05, 4.69) is 22.3 Å². The predicted molar refractivity (Wildman–Crippen MR) is 91.8 cm³/mol. The molecular weight excluding hydrogens is 302 g/mol. The number of carbonyl (C=O) groups is 1. The van der Waals surface area contributed by atoms with Crippen molar-refractivity contribution in [1.29, 1.82) is 0 Å². The minimum atomic E-state index is -0.00304. The quantitative estimate of drug-likeness (QED) is 0.782. The fourth-order valence-corrected chi connectivity index (χ4v) is 3.17. The number of amides is 1. The topological polar surface area (TPSA) is 62.5 Å². The number of rotatable bonds is 2. The van der Waals surface area contributed by atoms with Gasteiger partial charge in [-0.3, -0.25) is 4.79 Å². The Kier molecular flexibility index (Phi) is 3.74. The van der Waals surface area contributed by atoms with E-state index in [1.54, 1.807) is 16.9 Å². The molecule has 0 saturated carbocycles. The zero-order valence-electron chi connectivity index (χ0n) is 13.5. The molecule has 1 aromatic carbocycles. The Labute approximate surface area is 140 Å². The maximum absolute atomic E-state index is 12.9. The largest absolute Gasteiger partial charge is 0.333 e. The monoisotopic (exact) mass is 321 g/mol. The maximum atomic E-state index is 12.9. The van der Waals surface area contributed by atoms with Crippen LogP contribution < -0.4 is 5.32 Å². The lowest BCUT2D eigenvalue weighted by Gasteiger charge is -2.33. The molecule has 1 atom stereocenters. The Morgan fingerprint density at radius 3 is 2.88 bits per heavy atom. The molecule has 6 nitrogen and oxygen atoms in total. The van der Waals surface area contributed by atoms with Crippen LogP contribution in [-0.2, 0) is 0 Å². The lowest BCUT2D eigenvalue weighted by molar-refractivity contribution is 0.0657. The highest BCUT2D eigenvalue weighted by molar-refractivity contribution is 6.00. The SMILES string of the molecule is C[C@@H]1CNCCN1C(=O)c1cnn2c(-c3ccccc3)ccnc12. The molecule has 0 unspecified atom stereocenters. The van der Waals surface area contributed by atoms with Crippen molar-refractivity contribution in [2.45, 2.75) is 13.0 Å². The number of nitrogens with one attached hydrogen (secondary N) is 1. The van der Waals surface area contributed by atoms with Gasteiger partial charge in [-0.15, -0.1) is 0 Å². The molecule has 3 aromatic rings. The molecule has 1 fully saturated rings. The number of hydrogen-bond donors (Lipinski definition) is 1. The van der Waals surface area contributed by atoms with Crippen molar-refractivity contribution in [2.24, 2.45) is 0 Å². The molecule has 1 aliphatic heterocycles. The van der Waals surface area contributed by atoms with Gasteiger partial charge in [-0.1, -0.05) is 30.3 Å². The first-order chi connectivity index (χ1) is 11.8. The van der Waals surface area contributed by atoms with E-state index in [0.717, 1.165) is 24.3 Å². The van der Waals surface area contributed by atoms with Gasteiger partial charge in [0.25, 0.3) is 5.91 Å². The van der Waals surface area contributed by atoms with Crippen molar-refractivity contribution in [3.8, 4) is 11.3 Å². The van der Waals surface area contributed by atoms with Crippen LogP contribution >= 0.6 is 0 Å². The molecule has 0 spiro atoms. The maximum Gasteiger partial charge on any atom is 0.259 e. The first kappa shape index (κ1) is 14.8. The number of nitrogens with zero attached hydrogens (tertiary/aromatic N) is 4. The molecule has 6 heteroatoms. The Balaban J connectivity index is 1.77. The standard InChI is InChI=1S/C18H19N5O/c1-13-11-19-9-10-22(13)18(24)15-12-21-23-16(7-8-20-17(15)23)14-5-3-2-4-6-14/h2-8,12-13,19H,9-11H2,1H3/t13-/m1/s1. The summed E-state index contributed by atoms with van der Waals surface area (Å²) >= 11 is 0. The summed E-state index contributed by atoms with van der Waals surface area (Å²) in [6, 6.07) is 12.1. The average molecular weight is 321 g/mol. The summed E-state index contributed by atoms with van der Waals surface area (Å²) in [5.74, 6) is -0.00304. The van der Waals surface area contributed by atoms with Gasteiger partial charge in [0, 0.05) is 37.4 Å². The van der Waals surface area contributed by atoms with Gasteiger partial charge in [0.2, 0.25) is 0 Å². The van der Waals surface area contributed by atoms with E-state index in [-0.39, 0.29) is 11.9 Å². The van der Waals surface area contributed by atoms with Crippen LogP contribution in [0.3, 0.4) is 0 Å². The van der Waals surface area contributed by atoms with Gasteiger partial charge in [-0.05, 0) is 13.0 Å². The van der Waals surface area contributed by atoms with Crippen LogP contribution in [0, 0.1) is 0 Å². The first-order valence-electron chi connectivity index (χ1n) is 8.15. The highest BCUT2D eigenvalue weighted by Crippen LogP contribution is 2.22. The zero-order chi connectivity index (χ0) is 16.5. The van der Waals surface area contributed by atoms with Crippen LogP contribution in [0.5, 0.6) is 0 Å². The average Bonchev–Trinajstić information content (AvgIpc) is 3.06. The molecular formula is C18H19N5O. The van der Waals surface area contributed by atoms with Gasteiger partial charge in [0.1, 0.15) is 5.56 Å². The summed E-state index contributed by atoms with van der Waals surface area (Å²) < 4.78 is 1.75. The second-order valence-electron chi connectivity index (χ2n) is 6.04. The zero-order valence-corrected chi connectivity index (χ0v) is 13.5.